The second-order valence-corrected chi connectivity index (χ2v) is 8.39. The number of carbonyl (C=O) groups excluding carboxylic acids is 1. The highest BCUT2D eigenvalue weighted by molar-refractivity contribution is 6.04. The van der Waals surface area contributed by atoms with Crippen LogP contribution in [0.3, 0.4) is 0 Å². The van der Waals surface area contributed by atoms with Crippen molar-refractivity contribution in [2.24, 2.45) is 0 Å². The number of fused-ring (bicyclic) bond motifs is 4. The van der Waals surface area contributed by atoms with Crippen molar-refractivity contribution in [1.29, 1.82) is 0 Å². The quantitative estimate of drug-likeness (QED) is 0.666. The number of rotatable bonds is 3. The molecule has 1 fully saturated rings. The summed E-state index contributed by atoms with van der Waals surface area (Å²) in [4.78, 5) is 28.3. The van der Waals surface area contributed by atoms with Gasteiger partial charge >= 0.3 is 6.03 Å². The van der Waals surface area contributed by atoms with E-state index in [4.69, 9.17) is 4.98 Å². The first-order valence-corrected chi connectivity index (χ1v) is 10.7. The molecule has 0 unspecified atom stereocenters. The highest BCUT2D eigenvalue weighted by Gasteiger charge is 2.38. The number of nitrogens with zero attached hydrogens (tertiary/aromatic N) is 5. The van der Waals surface area contributed by atoms with E-state index in [0.717, 1.165) is 54.8 Å². The minimum absolute atomic E-state index is 0.0209. The lowest BCUT2D eigenvalue weighted by Gasteiger charge is -2.45. The van der Waals surface area contributed by atoms with Gasteiger partial charge in [-0.2, -0.15) is 0 Å². The third kappa shape index (κ3) is 3.72. The number of halogens is 1. The van der Waals surface area contributed by atoms with Gasteiger partial charge in [-0.15, -0.1) is 0 Å². The van der Waals surface area contributed by atoms with Crippen LogP contribution in [0.4, 0.5) is 32.2 Å². The topological polar surface area (TPSA) is 64.6 Å². The second-order valence-electron chi connectivity index (χ2n) is 8.39. The van der Waals surface area contributed by atoms with E-state index in [0.29, 0.717) is 11.6 Å². The van der Waals surface area contributed by atoms with Crippen molar-refractivity contribution < 1.29 is 9.18 Å². The normalized spacial score (nSPS) is 17.0. The van der Waals surface area contributed by atoms with Crippen molar-refractivity contribution in [3.8, 4) is 11.3 Å². The Morgan fingerprint density at radius 3 is 2.84 bits per heavy atom. The van der Waals surface area contributed by atoms with E-state index in [1.54, 1.807) is 4.90 Å². The highest BCUT2D eigenvalue weighted by Crippen LogP contribution is 2.39. The second kappa shape index (κ2) is 8.11. The minimum atomic E-state index is -0.444. The summed E-state index contributed by atoms with van der Waals surface area (Å²) in [6, 6.07) is 14.7. The number of hydrogen-bond donors (Lipinski definition) is 1. The smallest absolute Gasteiger partial charge is 0.329 e. The highest BCUT2D eigenvalue weighted by atomic mass is 19.1. The molecule has 1 saturated heterocycles. The molecular weight excluding hydrogens is 407 g/mol. The molecule has 0 saturated carbocycles. The number of amides is 2. The average Bonchev–Trinajstić information content (AvgIpc) is 2.80. The first kappa shape index (κ1) is 20.2. The molecule has 32 heavy (non-hydrogen) atoms. The first-order chi connectivity index (χ1) is 15.5. The van der Waals surface area contributed by atoms with Crippen LogP contribution in [0.2, 0.25) is 0 Å². The average molecular weight is 433 g/mol. The van der Waals surface area contributed by atoms with Gasteiger partial charge in [0, 0.05) is 38.4 Å². The van der Waals surface area contributed by atoms with Crippen LogP contribution in [0.5, 0.6) is 0 Å². The van der Waals surface area contributed by atoms with Crippen LogP contribution < -0.4 is 20.0 Å². The van der Waals surface area contributed by atoms with Gasteiger partial charge < -0.3 is 9.80 Å². The summed E-state index contributed by atoms with van der Waals surface area (Å²) in [5.41, 5.74) is 3.84. The number of hydrogen-bond acceptors (Lipinski definition) is 5. The molecule has 5 rings (SSSR count). The Hall–Kier alpha value is -3.68. The monoisotopic (exact) mass is 432 g/mol. The number of pyridine rings is 2. The number of benzene rings is 1. The van der Waals surface area contributed by atoms with Crippen LogP contribution >= 0.6 is 0 Å². The molecule has 0 aliphatic carbocycles. The van der Waals surface area contributed by atoms with Crippen molar-refractivity contribution in [1.82, 2.24) is 9.97 Å². The predicted octanol–water partition coefficient (Wildman–Crippen LogP) is 4.37. The van der Waals surface area contributed by atoms with Gasteiger partial charge in [0.2, 0.25) is 0 Å². The molecule has 0 spiro atoms. The van der Waals surface area contributed by atoms with Crippen LogP contribution in [-0.2, 0) is 0 Å². The van der Waals surface area contributed by atoms with Gasteiger partial charge in [-0.3, -0.25) is 10.2 Å². The molecule has 0 radical (unpaired) electrons. The Bertz CT molecular complexity index is 1150. The van der Waals surface area contributed by atoms with Gasteiger partial charge in [-0.25, -0.2) is 19.2 Å². The summed E-state index contributed by atoms with van der Waals surface area (Å²) in [6.07, 6.45) is 3.01. The zero-order valence-electron chi connectivity index (χ0n) is 18.1. The Labute approximate surface area is 186 Å². The molecule has 8 heteroatoms. The van der Waals surface area contributed by atoms with Gasteiger partial charge in [-0.1, -0.05) is 12.1 Å². The fourth-order valence-electron chi connectivity index (χ4n) is 4.41. The molecule has 2 aliphatic rings. The van der Waals surface area contributed by atoms with Crippen LogP contribution in [0, 0.1) is 5.82 Å². The Morgan fingerprint density at radius 2 is 2.06 bits per heavy atom. The van der Waals surface area contributed by atoms with E-state index in [2.05, 4.69) is 27.3 Å². The van der Waals surface area contributed by atoms with Crippen molar-refractivity contribution in [3.63, 3.8) is 0 Å². The summed E-state index contributed by atoms with van der Waals surface area (Å²) in [6.45, 7) is 1.73. The summed E-state index contributed by atoms with van der Waals surface area (Å²) in [7, 11) is 4.01. The SMILES string of the molecule is CN(C)c1cccc(-c2ccc3c(n2)N(C(=O)Nc2ccc(F)cn2)[C@@H]2CCCN3C2)c1. The van der Waals surface area contributed by atoms with Crippen molar-refractivity contribution in [3.05, 3.63) is 60.5 Å². The zero-order valence-corrected chi connectivity index (χ0v) is 18.1. The number of anilines is 4. The lowest BCUT2D eigenvalue weighted by atomic mass is 9.99. The largest absolute Gasteiger partial charge is 0.378 e. The standard InChI is InChI=1S/C24H25FN6O/c1-29(2)18-6-3-5-16(13-18)20-9-10-21-23(27-20)31(19-7-4-12-30(21)15-19)24(32)28-22-11-8-17(25)14-26-22/h3,5-6,8-11,13-14,19H,4,7,12,15H2,1-2H3,(H,26,28,32)/t19-/m1/s1. The van der Waals surface area contributed by atoms with Gasteiger partial charge in [0.1, 0.15) is 11.6 Å². The molecule has 2 aliphatic heterocycles. The van der Waals surface area contributed by atoms with Gasteiger partial charge in [0.05, 0.1) is 23.6 Å². The van der Waals surface area contributed by atoms with Crippen LogP contribution in [0.15, 0.2) is 54.7 Å². The maximum Gasteiger partial charge on any atom is 0.329 e. The fraction of sp³-hybridized carbons (Fsp3) is 0.292. The van der Waals surface area contributed by atoms with E-state index >= 15 is 0 Å². The van der Waals surface area contributed by atoms with Crippen LogP contribution in [0.1, 0.15) is 12.8 Å². The molecule has 2 aromatic heterocycles. The summed E-state index contributed by atoms with van der Waals surface area (Å²) < 4.78 is 13.2. The third-order valence-electron chi connectivity index (χ3n) is 6.02. The number of urea groups is 1. The van der Waals surface area contributed by atoms with E-state index in [9.17, 15) is 9.18 Å². The molecule has 1 atom stereocenters. The van der Waals surface area contributed by atoms with E-state index in [-0.39, 0.29) is 12.1 Å². The number of carbonyl (C=O) groups is 1. The molecule has 2 amide bonds. The maximum absolute atomic E-state index is 13.3. The van der Waals surface area contributed by atoms with Crippen molar-refractivity contribution >= 4 is 29.0 Å². The van der Waals surface area contributed by atoms with Gasteiger partial charge in [-0.05, 0) is 49.2 Å². The Kier molecular flexibility index (Phi) is 5.13. The van der Waals surface area contributed by atoms with E-state index < -0.39 is 5.82 Å². The van der Waals surface area contributed by atoms with Crippen molar-refractivity contribution in [2.75, 3.05) is 47.2 Å². The summed E-state index contributed by atoms with van der Waals surface area (Å²) in [5, 5.41) is 2.81. The maximum atomic E-state index is 13.3. The van der Waals surface area contributed by atoms with Gasteiger partial charge in [0.25, 0.3) is 0 Å². The lowest BCUT2D eigenvalue weighted by molar-refractivity contribution is 0.252. The molecule has 164 valence electrons. The van der Waals surface area contributed by atoms with Gasteiger partial charge in [0.15, 0.2) is 5.82 Å². The minimum Gasteiger partial charge on any atom is -0.378 e. The fourth-order valence-corrected chi connectivity index (χ4v) is 4.41. The van der Waals surface area contributed by atoms with Crippen molar-refractivity contribution in [2.45, 2.75) is 18.9 Å². The predicted molar refractivity (Wildman–Crippen MR) is 125 cm³/mol. The summed E-state index contributed by atoms with van der Waals surface area (Å²) in [5.74, 6) is 0.514. The zero-order chi connectivity index (χ0) is 22.2. The first-order valence-electron chi connectivity index (χ1n) is 10.7. The Morgan fingerprint density at radius 1 is 1.19 bits per heavy atom. The third-order valence-corrected chi connectivity index (χ3v) is 6.02. The van der Waals surface area contributed by atoms with Crippen LogP contribution in [-0.4, -0.2) is 49.2 Å². The number of piperidine rings is 1. The van der Waals surface area contributed by atoms with E-state index in [1.807, 2.05) is 43.3 Å². The molecule has 3 aromatic rings. The molecule has 7 nitrogen and oxygen atoms in total. The van der Waals surface area contributed by atoms with E-state index in [1.165, 1.54) is 12.1 Å². The molecular formula is C24H25FN6O. The molecule has 2 bridgehead atoms. The number of aromatic nitrogens is 2. The molecule has 1 N–H and O–H groups in total. The number of nitrogens with one attached hydrogen (secondary N) is 1. The molecule has 4 heterocycles. The molecule has 1 aromatic carbocycles. The lowest BCUT2D eigenvalue weighted by Crippen LogP contribution is -2.56. The summed E-state index contributed by atoms with van der Waals surface area (Å²) >= 11 is 0. The Balaban J connectivity index is 1.53. The van der Waals surface area contributed by atoms with Crippen LogP contribution in [0.25, 0.3) is 11.3 Å².